The molecule has 2 saturated heterocycles. The van der Waals surface area contributed by atoms with E-state index in [1.807, 2.05) is 27.7 Å². The number of aromatic amines is 2. The molecule has 0 bridgehead atoms. The summed E-state index contributed by atoms with van der Waals surface area (Å²) in [5, 5.41) is 5.57. The lowest BCUT2D eigenvalue weighted by atomic mass is 9.97. The molecule has 8 rings (SSSR count). The van der Waals surface area contributed by atoms with Gasteiger partial charge in [0, 0.05) is 29.8 Å². The molecule has 0 spiro atoms. The Hall–Kier alpha value is -6.65. The third kappa shape index (κ3) is 7.88. The summed E-state index contributed by atoms with van der Waals surface area (Å²) in [4.78, 5) is 83.6. The van der Waals surface area contributed by atoms with Crippen molar-refractivity contribution in [3.05, 3.63) is 93.9 Å². The minimum Gasteiger partial charge on any atom is -0.453 e. The van der Waals surface area contributed by atoms with Gasteiger partial charge in [0.15, 0.2) is 0 Å². The number of rotatable bonds is 10. The number of carbonyl (C=O) groups excluding carboxylic acids is 4. The Morgan fingerprint density at radius 2 is 1.24 bits per heavy atom. The number of fused-ring (bicyclic) bond motifs is 4. The van der Waals surface area contributed by atoms with Crippen LogP contribution in [-0.4, -0.2) is 93.1 Å². The number of methoxy groups -OCH3 is 2. The second-order valence-corrected chi connectivity index (χ2v) is 17.1. The Kier molecular flexibility index (Phi) is 11.5. The molecule has 2 aromatic heterocycles. The number of alkyl halides is 2. The fourth-order valence-corrected chi connectivity index (χ4v) is 9.10. The molecule has 15 nitrogen and oxygen atoms in total. The van der Waals surface area contributed by atoms with Gasteiger partial charge >= 0.3 is 12.2 Å². The molecule has 4 heterocycles. The van der Waals surface area contributed by atoms with Crippen LogP contribution < -0.4 is 16.2 Å². The van der Waals surface area contributed by atoms with Crippen molar-refractivity contribution < 1.29 is 37.4 Å². The van der Waals surface area contributed by atoms with Crippen LogP contribution in [0.5, 0.6) is 0 Å². The van der Waals surface area contributed by atoms with Gasteiger partial charge in [-0.15, -0.1) is 0 Å². The molecule has 3 aliphatic rings. The zero-order chi connectivity index (χ0) is 44.9. The molecule has 1 aliphatic carbocycles. The molecule has 0 unspecified atom stereocenters. The number of carbonyl (C=O) groups is 4. The van der Waals surface area contributed by atoms with Crippen LogP contribution in [0.2, 0.25) is 0 Å². The van der Waals surface area contributed by atoms with Crippen molar-refractivity contribution in [3.8, 4) is 33.5 Å². The number of nitrogens with zero attached hydrogens (tertiary/aromatic N) is 4. The molecule has 0 radical (unpaired) electrons. The number of H-pyrrole nitrogens is 2. The highest BCUT2D eigenvalue weighted by atomic mass is 19.3. The first-order chi connectivity index (χ1) is 30.1. The van der Waals surface area contributed by atoms with Crippen molar-refractivity contribution in [1.82, 2.24) is 40.4 Å². The number of amides is 4. The number of aromatic nitrogens is 4. The fraction of sp³-hybridized carbons (Fsp3) is 0.413. The number of hydrogen-bond acceptors (Lipinski definition) is 9. The summed E-state index contributed by atoms with van der Waals surface area (Å²) in [7, 11) is 2.47. The molecule has 4 amide bonds. The third-order valence-electron chi connectivity index (χ3n) is 12.5. The largest absolute Gasteiger partial charge is 0.453 e. The van der Waals surface area contributed by atoms with Gasteiger partial charge in [-0.1, -0.05) is 58.0 Å². The minimum absolute atomic E-state index is 0.150. The zero-order valence-corrected chi connectivity index (χ0v) is 35.9. The van der Waals surface area contributed by atoms with Crippen molar-refractivity contribution in [1.29, 1.82) is 0 Å². The number of halogens is 2. The van der Waals surface area contributed by atoms with Crippen LogP contribution in [0.25, 0.3) is 44.4 Å². The minimum atomic E-state index is -3.35. The molecule has 5 aromatic rings. The van der Waals surface area contributed by atoms with Crippen LogP contribution >= 0.6 is 0 Å². The summed E-state index contributed by atoms with van der Waals surface area (Å²) in [6.45, 7) is 8.20. The van der Waals surface area contributed by atoms with E-state index in [9.17, 15) is 24.0 Å². The lowest BCUT2D eigenvalue weighted by molar-refractivity contribution is -0.136. The highest BCUT2D eigenvalue weighted by Gasteiger charge is 2.45. The number of hydrogen-bond donors (Lipinski definition) is 4. The maximum Gasteiger partial charge on any atom is 0.407 e. The number of alkyl carbamates (subject to hydrolysis) is 2. The standard InChI is InChI=1S/C46H50F2N8O7/c1-23(2)37(52-44(60)62-5)42(58)55-17-7-9-35(55)39-49-22-34(51-39)27-13-15-29-28-14-11-25(19-31(28)46(47,48)32(29)20-27)26-12-16-30-33(21-26)50-40(54-41(30)57)36-10-8-18-56(36)43(59)38(24(3)4)53-45(61)63-6/h11-16,19-24,35-38H,7-10,17-18H2,1-6H3,(H,49,51)(H,52,60)(H,53,61)(H,50,54,57)/t35-,36-,37+,38-/m0/s1. The van der Waals surface area contributed by atoms with Gasteiger partial charge < -0.3 is 39.9 Å². The summed E-state index contributed by atoms with van der Waals surface area (Å²) < 4.78 is 42.6. The highest BCUT2D eigenvalue weighted by Crippen LogP contribution is 2.53. The molecule has 4 N–H and O–H groups in total. The molecule has 3 aromatic carbocycles. The topological polar surface area (TPSA) is 192 Å². The second kappa shape index (κ2) is 16.9. The first-order valence-electron chi connectivity index (χ1n) is 21.2. The van der Waals surface area contributed by atoms with E-state index in [0.717, 1.165) is 6.42 Å². The van der Waals surface area contributed by atoms with Crippen molar-refractivity contribution in [2.45, 2.75) is 83.5 Å². The average molecular weight is 865 g/mol. The van der Waals surface area contributed by atoms with E-state index in [-0.39, 0.29) is 40.8 Å². The number of likely N-dealkylation sites (tertiary alicyclic amines) is 2. The van der Waals surface area contributed by atoms with Crippen molar-refractivity contribution in [3.63, 3.8) is 0 Å². The van der Waals surface area contributed by atoms with Gasteiger partial charge in [0.1, 0.15) is 23.7 Å². The molecule has 330 valence electrons. The van der Waals surface area contributed by atoms with Gasteiger partial charge in [-0.25, -0.2) is 19.6 Å². The van der Waals surface area contributed by atoms with Crippen LogP contribution in [-0.2, 0) is 25.0 Å². The van der Waals surface area contributed by atoms with E-state index in [1.165, 1.54) is 26.4 Å². The first-order valence-corrected chi connectivity index (χ1v) is 21.2. The van der Waals surface area contributed by atoms with Crippen LogP contribution in [0.3, 0.4) is 0 Å². The molecule has 17 heteroatoms. The predicted octanol–water partition coefficient (Wildman–Crippen LogP) is 7.19. The SMILES string of the molecule is COC(=O)N[C@H](C(=O)N1CCC[C@H]1c1nc2cc(-c3ccc4c(c3)C(F)(F)c3cc(-c5cnc([C@@H]6CCCN6C(=O)[C@H](NC(=O)OC)C(C)C)[nH]5)ccc3-4)ccc2c(=O)[nH]1)C(C)C. The van der Waals surface area contributed by atoms with Gasteiger partial charge in [-0.2, -0.15) is 8.78 Å². The summed E-state index contributed by atoms with van der Waals surface area (Å²) in [5.74, 6) is -3.52. The number of ether oxygens (including phenoxy) is 2. The van der Waals surface area contributed by atoms with Crippen molar-refractivity contribution >= 4 is 34.9 Å². The Bertz CT molecular complexity index is 2680. The third-order valence-corrected chi connectivity index (χ3v) is 12.5. The molecular weight excluding hydrogens is 815 g/mol. The van der Waals surface area contributed by atoms with E-state index in [1.54, 1.807) is 58.5 Å². The number of imidazole rings is 1. The van der Waals surface area contributed by atoms with Gasteiger partial charge in [0.2, 0.25) is 11.8 Å². The van der Waals surface area contributed by atoms with Crippen LogP contribution in [0, 0.1) is 11.8 Å². The maximum absolute atomic E-state index is 16.6. The van der Waals surface area contributed by atoms with Gasteiger partial charge in [0.05, 0.1) is 49.1 Å². The van der Waals surface area contributed by atoms with E-state index in [4.69, 9.17) is 14.5 Å². The summed E-state index contributed by atoms with van der Waals surface area (Å²) >= 11 is 0. The van der Waals surface area contributed by atoms with Gasteiger partial charge in [-0.05, 0) is 84.0 Å². The predicted molar refractivity (Wildman–Crippen MR) is 230 cm³/mol. The zero-order valence-electron chi connectivity index (χ0n) is 35.9. The lowest BCUT2D eigenvalue weighted by Gasteiger charge is -2.30. The summed E-state index contributed by atoms with van der Waals surface area (Å²) in [6.07, 6.45) is 2.75. The molecule has 4 atom stereocenters. The van der Waals surface area contributed by atoms with E-state index < -0.39 is 41.8 Å². The van der Waals surface area contributed by atoms with Crippen molar-refractivity contribution in [2.24, 2.45) is 11.8 Å². The summed E-state index contributed by atoms with van der Waals surface area (Å²) in [5.41, 5.74) is 2.57. The maximum atomic E-state index is 16.6. The Morgan fingerprint density at radius 3 is 1.79 bits per heavy atom. The van der Waals surface area contributed by atoms with Crippen LogP contribution in [0.4, 0.5) is 18.4 Å². The Balaban J connectivity index is 1.04. The monoisotopic (exact) mass is 864 g/mol. The van der Waals surface area contributed by atoms with Gasteiger partial charge in [-0.3, -0.25) is 14.4 Å². The van der Waals surface area contributed by atoms with Crippen LogP contribution in [0.1, 0.15) is 88.2 Å². The number of benzene rings is 3. The summed E-state index contributed by atoms with van der Waals surface area (Å²) in [6, 6.07) is 12.3. The molecule has 2 fully saturated rings. The van der Waals surface area contributed by atoms with Gasteiger partial charge in [0.25, 0.3) is 11.5 Å². The first kappa shape index (κ1) is 43.0. The fourth-order valence-electron chi connectivity index (χ4n) is 9.10. The normalized spacial score (nSPS) is 18.6. The Labute approximate surface area is 362 Å². The Morgan fingerprint density at radius 1 is 0.730 bits per heavy atom. The highest BCUT2D eigenvalue weighted by molar-refractivity contribution is 5.89. The van der Waals surface area contributed by atoms with Crippen LogP contribution in [0.15, 0.2) is 65.6 Å². The van der Waals surface area contributed by atoms with Crippen molar-refractivity contribution in [2.75, 3.05) is 27.3 Å². The molecular formula is C46H50F2N8O7. The average Bonchev–Trinajstić information content (AvgIpc) is 4.10. The van der Waals surface area contributed by atoms with E-state index in [0.29, 0.717) is 88.4 Å². The molecule has 0 saturated carbocycles. The quantitative estimate of drug-likeness (QED) is 0.113. The molecule has 2 aliphatic heterocycles. The second-order valence-electron chi connectivity index (χ2n) is 17.1. The van der Waals surface area contributed by atoms with E-state index >= 15 is 8.78 Å². The number of nitrogens with one attached hydrogen (secondary N) is 4. The smallest absolute Gasteiger partial charge is 0.407 e. The van der Waals surface area contributed by atoms with E-state index in [2.05, 4.69) is 25.6 Å². The lowest BCUT2D eigenvalue weighted by Crippen LogP contribution is -2.51. The molecule has 63 heavy (non-hydrogen) atoms.